The molecule has 0 amide bonds. The minimum Gasteiger partial charge on any atom is -0.346 e. The fraction of sp³-hybridized carbons (Fsp3) is 0.571. The zero-order chi connectivity index (χ0) is 12.0. The molecule has 1 aliphatic heterocycles. The van der Waals surface area contributed by atoms with E-state index in [0.29, 0.717) is 6.61 Å². The molecule has 0 aromatic rings. The first kappa shape index (κ1) is 13.2. The second-order valence-corrected chi connectivity index (χ2v) is 4.45. The third kappa shape index (κ3) is 4.77. The van der Waals surface area contributed by atoms with E-state index < -0.39 is 0 Å². The standard InChI is InChI=1S/C14H22O2/c1-5-13-10-15-14(16-13)9-12(4)8-6-7-11(2)3/h5,7,9,13-14H,1,6,8,10H2,2-4H3/b12-9+. The highest BCUT2D eigenvalue weighted by atomic mass is 16.7. The molecule has 2 unspecified atom stereocenters. The fourth-order valence-corrected chi connectivity index (χ4v) is 1.56. The quantitative estimate of drug-likeness (QED) is 0.662. The summed E-state index contributed by atoms with van der Waals surface area (Å²) in [4.78, 5) is 0. The Hall–Kier alpha value is -0.860. The van der Waals surface area contributed by atoms with E-state index in [0.717, 1.165) is 12.8 Å². The molecule has 1 saturated heterocycles. The van der Waals surface area contributed by atoms with Crippen LogP contribution in [0.2, 0.25) is 0 Å². The normalized spacial score (nSPS) is 25.6. The molecule has 0 aromatic carbocycles. The van der Waals surface area contributed by atoms with Crippen LogP contribution in [0.1, 0.15) is 33.6 Å². The molecule has 0 aromatic heterocycles. The molecule has 1 aliphatic rings. The van der Waals surface area contributed by atoms with Crippen molar-refractivity contribution in [2.24, 2.45) is 0 Å². The van der Waals surface area contributed by atoms with Crippen molar-refractivity contribution in [2.75, 3.05) is 6.61 Å². The second kappa shape index (κ2) is 6.66. The second-order valence-electron chi connectivity index (χ2n) is 4.45. The van der Waals surface area contributed by atoms with Crippen LogP contribution in [0.3, 0.4) is 0 Å². The first-order chi connectivity index (χ1) is 7.61. The minimum absolute atomic E-state index is 0.0480. The lowest BCUT2D eigenvalue weighted by atomic mass is 10.1. The van der Waals surface area contributed by atoms with Crippen LogP contribution >= 0.6 is 0 Å². The molecule has 0 radical (unpaired) electrons. The number of hydrogen-bond acceptors (Lipinski definition) is 2. The Morgan fingerprint density at radius 1 is 1.38 bits per heavy atom. The van der Waals surface area contributed by atoms with Gasteiger partial charge in [-0.25, -0.2) is 0 Å². The lowest BCUT2D eigenvalue weighted by molar-refractivity contribution is -0.0122. The van der Waals surface area contributed by atoms with Gasteiger partial charge < -0.3 is 9.47 Å². The van der Waals surface area contributed by atoms with Crippen LogP contribution in [0.5, 0.6) is 0 Å². The van der Waals surface area contributed by atoms with Crippen molar-refractivity contribution in [1.82, 2.24) is 0 Å². The number of allylic oxidation sites excluding steroid dienone is 3. The Bertz CT molecular complexity index is 285. The highest BCUT2D eigenvalue weighted by Gasteiger charge is 2.21. The molecule has 90 valence electrons. The lowest BCUT2D eigenvalue weighted by Crippen LogP contribution is -2.07. The molecule has 0 saturated carbocycles. The van der Waals surface area contributed by atoms with E-state index >= 15 is 0 Å². The molecule has 0 aliphatic carbocycles. The number of ether oxygens (including phenoxy) is 2. The van der Waals surface area contributed by atoms with Crippen molar-refractivity contribution in [3.05, 3.63) is 36.0 Å². The van der Waals surface area contributed by atoms with Crippen LogP contribution in [0.4, 0.5) is 0 Å². The minimum atomic E-state index is -0.185. The van der Waals surface area contributed by atoms with Crippen molar-refractivity contribution in [1.29, 1.82) is 0 Å². The Kier molecular flexibility index (Phi) is 5.50. The molecular formula is C14H22O2. The molecule has 2 atom stereocenters. The topological polar surface area (TPSA) is 18.5 Å². The van der Waals surface area contributed by atoms with Crippen molar-refractivity contribution in [3.8, 4) is 0 Å². The van der Waals surface area contributed by atoms with Crippen molar-refractivity contribution < 1.29 is 9.47 Å². The van der Waals surface area contributed by atoms with Gasteiger partial charge in [0.1, 0.15) is 6.10 Å². The van der Waals surface area contributed by atoms with Gasteiger partial charge in [-0.15, -0.1) is 6.58 Å². The Morgan fingerprint density at radius 2 is 2.12 bits per heavy atom. The van der Waals surface area contributed by atoms with Crippen molar-refractivity contribution >= 4 is 0 Å². The Labute approximate surface area is 98.6 Å². The predicted molar refractivity (Wildman–Crippen MR) is 67.2 cm³/mol. The average Bonchev–Trinajstić information content (AvgIpc) is 2.65. The van der Waals surface area contributed by atoms with Gasteiger partial charge in [-0.2, -0.15) is 0 Å². The lowest BCUT2D eigenvalue weighted by Gasteiger charge is -2.06. The van der Waals surface area contributed by atoms with Crippen molar-refractivity contribution in [2.45, 2.75) is 46.0 Å². The maximum Gasteiger partial charge on any atom is 0.178 e. The van der Waals surface area contributed by atoms with Crippen LogP contribution in [-0.4, -0.2) is 19.0 Å². The van der Waals surface area contributed by atoms with E-state index in [1.54, 1.807) is 6.08 Å². The molecule has 2 heteroatoms. The monoisotopic (exact) mass is 222 g/mol. The van der Waals surface area contributed by atoms with Crippen LogP contribution in [-0.2, 0) is 9.47 Å². The summed E-state index contributed by atoms with van der Waals surface area (Å²) in [7, 11) is 0. The molecule has 0 spiro atoms. The van der Waals surface area contributed by atoms with Crippen LogP contribution in [0.15, 0.2) is 36.0 Å². The predicted octanol–water partition coefficient (Wildman–Crippen LogP) is 3.61. The van der Waals surface area contributed by atoms with Gasteiger partial charge in [-0.3, -0.25) is 0 Å². The van der Waals surface area contributed by atoms with Gasteiger partial charge in [0.05, 0.1) is 6.61 Å². The summed E-state index contributed by atoms with van der Waals surface area (Å²) in [5.41, 5.74) is 2.68. The Balaban J connectivity index is 2.33. The summed E-state index contributed by atoms with van der Waals surface area (Å²) in [6.07, 6.45) is 8.10. The summed E-state index contributed by atoms with van der Waals surface area (Å²) in [5, 5.41) is 0. The average molecular weight is 222 g/mol. The maximum absolute atomic E-state index is 5.58. The van der Waals surface area contributed by atoms with Gasteiger partial charge in [0.25, 0.3) is 0 Å². The number of hydrogen-bond donors (Lipinski definition) is 0. The van der Waals surface area contributed by atoms with Gasteiger partial charge >= 0.3 is 0 Å². The third-order valence-electron chi connectivity index (χ3n) is 2.51. The molecule has 16 heavy (non-hydrogen) atoms. The summed E-state index contributed by atoms with van der Waals surface area (Å²) >= 11 is 0. The molecule has 1 heterocycles. The molecule has 0 N–H and O–H groups in total. The van der Waals surface area contributed by atoms with Crippen LogP contribution < -0.4 is 0 Å². The molecule has 0 bridgehead atoms. The Morgan fingerprint density at radius 3 is 2.69 bits per heavy atom. The van der Waals surface area contributed by atoms with E-state index in [2.05, 4.69) is 39.5 Å². The SMILES string of the molecule is C=CC1COC(/C=C(\C)CCC=C(C)C)O1. The highest BCUT2D eigenvalue weighted by molar-refractivity contribution is 5.04. The van der Waals surface area contributed by atoms with Gasteiger partial charge in [0.2, 0.25) is 0 Å². The maximum atomic E-state index is 5.58. The zero-order valence-corrected chi connectivity index (χ0v) is 10.5. The molecule has 2 nitrogen and oxygen atoms in total. The smallest absolute Gasteiger partial charge is 0.178 e. The van der Waals surface area contributed by atoms with E-state index in [1.807, 2.05) is 0 Å². The van der Waals surface area contributed by atoms with E-state index in [1.165, 1.54) is 11.1 Å². The summed E-state index contributed by atoms with van der Waals surface area (Å²) in [6.45, 7) is 10.7. The first-order valence-corrected chi connectivity index (χ1v) is 5.82. The summed E-state index contributed by atoms with van der Waals surface area (Å²) in [6, 6.07) is 0. The summed E-state index contributed by atoms with van der Waals surface area (Å²) in [5.74, 6) is 0. The molecule has 1 fully saturated rings. The van der Waals surface area contributed by atoms with Crippen LogP contribution in [0, 0.1) is 0 Å². The first-order valence-electron chi connectivity index (χ1n) is 5.82. The fourth-order valence-electron chi connectivity index (χ4n) is 1.56. The van der Waals surface area contributed by atoms with E-state index in [4.69, 9.17) is 9.47 Å². The molecular weight excluding hydrogens is 200 g/mol. The zero-order valence-electron chi connectivity index (χ0n) is 10.5. The van der Waals surface area contributed by atoms with Crippen molar-refractivity contribution in [3.63, 3.8) is 0 Å². The van der Waals surface area contributed by atoms with E-state index in [-0.39, 0.29) is 12.4 Å². The largest absolute Gasteiger partial charge is 0.346 e. The number of rotatable bonds is 5. The van der Waals surface area contributed by atoms with Crippen LogP contribution in [0.25, 0.3) is 0 Å². The van der Waals surface area contributed by atoms with Gasteiger partial charge in [0, 0.05) is 0 Å². The highest BCUT2D eigenvalue weighted by Crippen LogP contribution is 2.16. The van der Waals surface area contributed by atoms with Gasteiger partial charge in [-0.05, 0) is 39.7 Å². The van der Waals surface area contributed by atoms with E-state index in [9.17, 15) is 0 Å². The molecule has 1 rings (SSSR count). The summed E-state index contributed by atoms with van der Waals surface area (Å²) < 4.78 is 11.0. The van der Waals surface area contributed by atoms with Gasteiger partial charge in [0.15, 0.2) is 6.29 Å². The third-order valence-corrected chi connectivity index (χ3v) is 2.51. The van der Waals surface area contributed by atoms with Gasteiger partial charge in [-0.1, -0.05) is 23.3 Å².